The van der Waals surface area contributed by atoms with E-state index in [4.69, 9.17) is 4.42 Å². The molecule has 0 aliphatic carbocycles. The Morgan fingerprint density at radius 3 is 2.88 bits per heavy atom. The van der Waals surface area contributed by atoms with Gasteiger partial charge in [0.2, 0.25) is 0 Å². The zero-order valence-corrected chi connectivity index (χ0v) is 14.0. The molecule has 0 saturated carbocycles. The van der Waals surface area contributed by atoms with Gasteiger partial charge in [-0.25, -0.2) is 9.37 Å². The van der Waals surface area contributed by atoms with E-state index >= 15 is 0 Å². The van der Waals surface area contributed by atoms with Gasteiger partial charge in [-0.1, -0.05) is 6.42 Å². The smallest absolute Gasteiger partial charge is 0.143 e. The molecule has 130 valence electrons. The van der Waals surface area contributed by atoms with Gasteiger partial charge in [0.05, 0.1) is 29.7 Å². The Morgan fingerprint density at radius 2 is 2.08 bits per heavy atom. The first-order chi connectivity index (χ1) is 12.3. The summed E-state index contributed by atoms with van der Waals surface area (Å²) >= 11 is 0. The van der Waals surface area contributed by atoms with E-state index in [-0.39, 0.29) is 11.9 Å². The number of anilines is 1. The Bertz CT molecular complexity index is 831. The molecule has 0 spiro atoms. The van der Waals surface area contributed by atoms with Gasteiger partial charge >= 0.3 is 0 Å². The van der Waals surface area contributed by atoms with E-state index in [1.54, 1.807) is 12.5 Å². The van der Waals surface area contributed by atoms with Crippen molar-refractivity contribution in [1.29, 1.82) is 0 Å². The molecule has 0 aromatic carbocycles. The quantitative estimate of drug-likeness (QED) is 0.761. The molecule has 0 unspecified atom stereocenters. The lowest BCUT2D eigenvalue weighted by Gasteiger charge is -2.33. The van der Waals surface area contributed by atoms with E-state index in [1.165, 1.54) is 31.5 Å². The molecule has 1 aliphatic heterocycles. The molecule has 25 heavy (non-hydrogen) atoms. The van der Waals surface area contributed by atoms with Crippen molar-refractivity contribution in [2.75, 3.05) is 25.0 Å². The molecule has 0 bridgehead atoms. The average molecular weight is 340 g/mol. The molecular weight excluding hydrogens is 319 g/mol. The zero-order chi connectivity index (χ0) is 17.1. The van der Waals surface area contributed by atoms with E-state index in [1.807, 2.05) is 18.2 Å². The summed E-state index contributed by atoms with van der Waals surface area (Å²) < 4.78 is 19.1. The van der Waals surface area contributed by atoms with Crippen LogP contribution in [0.15, 0.2) is 47.3 Å². The highest BCUT2D eigenvalue weighted by Crippen LogP contribution is 2.27. The second-order valence-electron chi connectivity index (χ2n) is 6.39. The highest BCUT2D eigenvalue weighted by atomic mass is 19.1. The molecule has 4 heterocycles. The fraction of sp³-hybridized carbons (Fsp3) is 0.368. The van der Waals surface area contributed by atoms with Crippen LogP contribution in [-0.2, 0) is 0 Å². The van der Waals surface area contributed by atoms with Crippen LogP contribution in [0.2, 0.25) is 0 Å². The minimum Gasteiger partial charge on any atom is -0.468 e. The SMILES string of the molecule is Fc1cnc2c(NC[C@@H](c3ccco3)N3CCCCC3)ccnc2c1. The number of rotatable bonds is 5. The van der Waals surface area contributed by atoms with Crippen molar-refractivity contribution in [2.24, 2.45) is 0 Å². The maximum Gasteiger partial charge on any atom is 0.143 e. The van der Waals surface area contributed by atoms with Crippen LogP contribution < -0.4 is 5.32 Å². The van der Waals surface area contributed by atoms with Crippen LogP contribution in [0.4, 0.5) is 10.1 Å². The Balaban J connectivity index is 1.57. The number of fused-ring (bicyclic) bond motifs is 1. The Morgan fingerprint density at radius 1 is 1.20 bits per heavy atom. The number of hydrogen-bond donors (Lipinski definition) is 1. The number of aromatic nitrogens is 2. The molecule has 4 rings (SSSR count). The molecule has 1 N–H and O–H groups in total. The van der Waals surface area contributed by atoms with E-state index < -0.39 is 0 Å². The van der Waals surface area contributed by atoms with Crippen LogP contribution in [0.25, 0.3) is 11.0 Å². The van der Waals surface area contributed by atoms with Gasteiger partial charge in [0.25, 0.3) is 0 Å². The first-order valence-electron chi connectivity index (χ1n) is 8.73. The lowest BCUT2D eigenvalue weighted by Crippen LogP contribution is -2.37. The van der Waals surface area contributed by atoms with Crippen molar-refractivity contribution >= 4 is 16.7 Å². The van der Waals surface area contributed by atoms with Crippen molar-refractivity contribution < 1.29 is 8.81 Å². The van der Waals surface area contributed by atoms with Gasteiger partial charge in [0, 0.05) is 18.8 Å². The third-order valence-corrected chi connectivity index (χ3v) is 4.73. The summed E-state index contributed by atoms with van der Waals surface area (Å²) in [5.41, 5.74) is 2.09. The van der Waals surface area contributed by atoms with Gasteiger partial charge < -0.3 is 9.73 Å². The van der Waals surface area contributed by atoms with Crippen LogP contribution in [0.3, 0.4) is 0 Å². The average Bonchev–Trinajstić information content (AvgIpc) is 3.17. The number of furan rings is 1. The molecule has 3 aromatic heterocycles. The summed E-state index contributed by atoms with van der Waals surface area (Å²) in [5.74, 6) is 0.589. The van der Waals surface area contributed by atoms with Gasteiger partial charge in [-0.3, -0.25) is 9.88 Å². The monoisotopic (exact) mass is 340 g/mol. The normalized spacial score (nSPS) is 16.8. The summed E-state index contributed by atoms with van der Waals surface area (Å²) in [6.45, 7) is 2.85. The second kappa shape index (κ2) is 7.19. The number of pyridine rings is 2. The maximum absolute atomic E-state index is 13.4. The summed E-state index contributed by atoms with van der Waals surface area (Å²) in [7, 11) is 0. The predicted molar refractivity (Wildman–Crippen MR) is 94.9 cm³/mol. The second-order valence-corrected chi connectivity index (χ2v) is 6.39. The highest BCUT2D eigenvalue weighted by molar-refractivity contribution is 5.86. The number of nitrogens with one attached hydrogen (secondary N) is 1. The Kier molecular flexibility index (Phi) is 4.61. The van der Waals surface area contributed by atoms with Crippen molar-refractivity contribution in [1.82, 2.24) is 14.9 Å². The summed E-state index contributed by atoms with van der Waals surface area (Å²) in [6, 6.07) is 7.40. The molecule has 0 radical (unpaired) electrons. The van der Waals surface area contributed by atoms with E-state index in [2.05, 4.69) is 20.2 Å². The first kappa shape index (κ1) is 16.0. The minimum atomic E-state index is -0.376. The molecule has 1 saturated heterocycles. The van der Waals surface area contributed by atoms with Crippen LogP contribution in [0.1, 0.15) is 31.1 Å². The number of hydrogen-bond acceptors (Lipinski definition) is 5. The standard InChI is InChI=1S/C19H21FN4O/c20-14-11-16-19(23-12-14)15(6-7-21-16)22-13-17(18-5-4-10-25-18)24-8-2-1-3-9-24/h4-7,10-12,17H,1-3,8-9,13H2,(H,21,22)/t17-/m0/s1. The van der Waals surface area contributed by atoms with Crippen molar-refractivity contribution in [3.8, 4) is 0 Å². The number of piperidine rings is 1. The predicted octanol–water partition coefficient (Wildman–Crippen LogP) is 4.00. The lowest BCUT2D eigenvalue weighted by atomic mass is 10.1. The third-order valence-electron chi connectivity index (χ3n) is 4.73. The summed E-state index contributed by atoms with van der Waals surface area (Å²) in [6.07, 6.45) is 8.35. The first-order valence-corrected chi connectivity index (χ1v) is 8.73. The van der Waals surface area contributed by atoms with E-state index in [9.17, 15) is 4.39 Å². The van der Waals surface area contributed by atoms with Crippen LogP contribution in [0, 0.1) is 5.82 Å². The number of nitrogens with zero attached hydrogens (tertiary/aromatic N) is 3. The molecule has 6 heteroatoms. The molecule has 3 aromatic rings. The maximum atomic E-state index is 13.4. The molecule has 1 fully saturated rings. The number of likely N-dealkylation sites (tertiary alicyclic amines) is 1. The minimum absolute atomic E-state index is 0.166. The Labute approximate surface area is 145 Å². The molecule has 1 atom stereocenters. The van der Waals surface area contributed by atoms with Crippen LogP contribution in [-0.4, -0.2) is 34.5 Å². The summed E-state index contributed by atoms with van der Waals surface area (Å²) in [5, 5.41) is 3.47. The molecular formula is C19H21FN4O. The van der Waals surface area contributed by atoms with Crippen LogP contribution in [0.5, 0.6) is 0 Å². The van der Waals surface area contributed by atoms with Gasteiger partial charge in [-0.15, -0.1) is 0 Å². The largest absolute Gasteiger partial charge is 0.468 e. The Hall–Kier alpha value is -2.47. The number of halogens is 1. The van der Waals surface area contributed by atoms with Crippen molar-refractivity contribution in [3.05, 3.63) is 54.5 Å². The van der Waals surface area contributed by atoms with Crippen LogP contribution >= 0.6 is 0 Å². The van der Waals surface area contributed by atoms with E-state index in [0.717, 1.165) is 24.5 Å². The molecule has 1 aliphatic rings. The summed E-state index contributed by atoms with van der Waals surface area (Å²) in [4.78, 5) is 10.9. The third kappa shape index (κ3) is 3.49. The fourth-order valence-corrected chi connectivity index (χ4v) is 3.48. The molecule has 0 amide bonds. The van der Waals surface area contributed by atoms with Gasteiger partial charge in [-0.05, 0) is 44.1 Å². The van der Waals surface area contributed by atoms with Gasteiger partial charge in [0.1, 0.15) is 17.1 Å². The highest BCUT2D eigenvalue weighted by Gasteiger charge is 2.24. The lowest BCUT2D eigenvalue weighted by molar-refractivity contribution is 0.153. The van der Waals surface area contributed by atoms with Gasteiger partial charge in [-0.2, -0.15) is 0 Å². The van der Waals surface area contributed by atoms with E-state index in [0.29, 0.717) is 17.6 Å². The van der Waals surface area contributed by atoms with Crippen molar-refractivity contribution in [2.45, 2.75) is 25.3 Å². The topological polar surface area (TPSA) is 54.2 Å². The van der Waals surface area contributed by atoms with Crippen molar-refractivity contribution in [3.63, 3.8) is 0 Å². The van der Waals surface area contributed by atoms with Gasteiger partial charge in [0.15, 0.2) is 0 Å². The molecule has 5 nitrogen and oxygen atoms in total. The zero-order valence-electron chi connectivity index (χ0n) is 14.0. The fourth-order valence-electron chi connectivity index (χ4n) is 3.48.